The number of carbonyl (C=O) groups is 1. The maximum Gasteiger partial charge on any atom is 0.275 e. The third kappa shape index (κ3) is 3.16. The lowest BCUT2D eigenvalue weighted by molar-refractivity contribution is 0.0740. The Morgan fingerprint density at radius 1 is 1.00 bits per heavy atom. The number of fused-ring (bicyclic) bond motifs is 1. The van der Waals surface area contributed by atoms with E-state index in [1.165, 1.54) is 23.1 Å². The molecule has 2 aliphatic rings. The van der Waals surface area contributed by atoms with Crippen molar-refractivity contribution >= 4 is 22.5 Å². The first-order valence-corrected chi connectivity index (χ1v) is 10.1. The molecule has 0 unspecified atom stereocenters. The van der Waals surface area contributed by atoms with Gasteiger partial charge in [0.05, 0.1) is 5.39 Å². The predicted molar refractivity (Wildman–Crippen MR) is 111 cm³/mol. The van der Waals surface area contributed by atoms with E-state index in [1.54, 1.807) is 25.2 Å². The molecule has 3 aromatic rings. The molecule has 1 aliphatic carbocycles. The number of hydrogen-bond donors (Lipinski definition) is 0. The normalized spacial score (nSPS) is 17.0. The van der Waals surface area contributed by atoms with E-state index in [1.807, 2.05) is 23.2 Å². The summed E-state index contributed by atoms with van der Waals surface area (Å²) in [7, 11) is 1.59. The summed E-state index contributed by atoms with van der Waals surface area (Å²) in [5.41, 5.74) is 1.48. The van der Waals surface area contributed by atoms with Crippen LogP contribution in [0, 0.1) is 0 Å². The molecule has 7 nitrogen and oxygen atoms in total. The smallest absolute Gasteiger partial charge is 0.275 e. The van der Waals surface area contributed by atoms with Crippen LogP contribution in [0.2, 0.25) is 0 Å². The van der Waals surface area contributed by atoms with Gasteiger partial charge in [-0.3, -0.25) is 9.59 Å². The highest BCUT2D eigenvalue weighted by Crippen LogP contribution is 2.43. The standard InChI is InChI=1S/C22H23N5O2/c1-25-21(28)18-6-3-2-5-17(18)19(24-25)22(29)27-13-11-26(12-14-27)20-16(15-8-9-15)7-4-10-23-20/h2-7,10,15H,8-9,11-14H2,1H3. The van der Waals surface area contributed by atoms with Crippen LogP contribution >= 0.6 is 0 Å². The first-order chi connectivity index (χ1) is 14.1. The lowest BCUT2D eigenvalue weighted by atomic mass is 10.1. The summed E-state index contributed by atoms with van der Waals surface area (Å²) in [6.45, 7) is 2.70. The molecule has 1 aliphatic heterocycles. The Bertz CT molecular complexity index is 1140. The molecule has 0 bridgehead atoms. The molecule has 5 rings (SSSR count). The minimum absolute atomic E-state index is 0.125. The van der Waals surface area contributed by atoms with Crippen LogP contribution in [0.1, 0.15) is 34.8 Å². The van der Waals surface area contributed by atoms with Crippen LogP contribution in [0.5, 0.6) is 0 Å². The zero-order valence-electron chi connectivity index (χ0n) is 16.4. The number of rotatable bonds is 3. The van der Waals surface area contributed by atoms with Gasteiger partial charge in [0.15, 0.2) is 5.69 Å². The van der Waals surface area contributed by atoms with E-state index in [-0.39, 0.29) is 11.5 Å². The molecule has 3 heterocycles. The average molecular weight is 389 g/mol. The van der Waals surface area contributed by atoms with E-state index < -0.39 is 0 Å². The van der Waals surface area contributed by atoms with Crippen molar-refractivity contribution in [3.63, 3.8) is 0 Å². The number of anilines is 1. The topological polar surface area (TPSA) is 71.3 Å². The fourth-order valence-electron chi connectivity index (χ4n) is 4.12. The van der Waals surface area contributed by atoms with Gasteiger partial charge >= 0.3 is 0 Å². The molecule has 1 amide bonds. The van der Waals surface area contributed by atoms with Gasteiger partial charge in [0, 0.05) is 44.8 Å². The second kappa shape index (κ2) is 6.99. The highest BCUT2D eigenvalue weighted by atomic mass is 16.2. The lowest BCUT2D eigenvalue weighted by Gasteiger charge is -2.36. The van der Waals surface area contributed by atoms with E-state index in [9.17, 15) is 9.59 Å². The summed E-state index contributed by atoms with van der Waals surface area (Å²) in [6, 6.07) is 11.4. The molecule has 2 aromatic heterocycles. The van der Waals surface area contributed by atoms with E-state index in [2.05, 4.69) is 21.0 Å². The lowest BCUT2D eigenvalue weighted by Crippen LogP contribution is -2.49. The Labute approximate surface area is 168 Å². The molecule has 1 saturated carbocycles. The van der Waals surface area contributed by atoms with Crippen LogP contribution in [0.3, 0.4) is 0 Å². The highest BCUT2D eigenvalue weighted by Gasteiger charge is 2.31. The largest absolute Gasteiger partial charge is 0.353 e. The van der Waals surface area contributed by atoms with Crippen molar-refractivity contribution in [2.24, 2.45) is 7.05 Å². The van der Waals surface area contributed by atoms with Crippen molar-refractivity contribution in [3.8, 4) is 0 Å². The van der Waals surface area contributed by atoms with Gasteiger partial charge in [-0.25, -0.2) is 9.67 Å². The Balaban J connectivity index is 1.38. The SMILES string of the molecule is Cn1nc(C(=O)N2CCN(c3ncccc3C3CC3)CC2)c2ccccc2c1=O. The number of amides is 1. The first kappa shape index (κ1) is 17.8. The average Bonchev–Trinajstić information content (AvgIpc) is 3.61. The summed E-state index contributed by atoms with van der Waals surface area (Å²) < 4.78 is 1.25. The van der Waals surface area contributed by atoms with E-state index in [0.717, 1.165) is 18.9 Å². The maximum atomic E-state index is 13.2. The van der Waals surface area contributed by atoms with Gasteiger partial charge in [-0.1, -0.05) is 24.3 Å². The van der Waals surface area contributed by atoms with Crippen LogP contribution in [0.25, 0.3) is 10.8 Å². The number of pyridine rings is 1. The second-order valence-corrected chi connectivity index (χ2v) is 7.79. The highest BCUT2D eigenvalue weighted by molar-refractivity contribution is 6.04. The minimum Gasteiger partial charge on any atom is -0.353 e. The number of benzene rings is 1. The number of piperazine rings is 1. The zero-order chi connectivity index (χ0) is 20.0. The molecule has 1 aromatic carbocycles. The summed E-state index contributed by atoms with van der Waals surface area (Å²) in [5, 5.41) is 5.42. The Kier molecular flexibility index (Phi) is 4.30. The van der Waals surface area contributed by atoms with Crippen LogP contribution in [0.4, 0.5) is 5.82 Å². The van der Waals surface area contributed by atoms with Crippen molar-refractivity contribution in [3.05, 3.63) is 64.2 Å². The summed E-state index contributed by atoms with van der Waals surface area (Å²) in [6.07, 6.45) is 4.32. The van der Waals surface area contributed by atoms with E-state index in [0.29, 0.717) is 35.5 Å². The quantitative estimate of drug-likeness (QED) is 0.687. The molecule has 0 atom stereocenters. The van der Waals surface area contributed by atoms with Gasteiger partial charge in [-0.05, 0) is 36.5 Å². The van der Waals surface area contributed by atoms with Crippen molar-refractivity contribution in [1.82, 2.24) is 19.7 Å². The number of carbonyl (C=O) groups excluding carboxylic acids is 1. The Hall–Kier alpha value is -3.22. The zero-order valence-corrected chi connectivity index (χ0v) is 16.4. The predicted octanol–water partition coefficient (Wildman–Crippen LogP) is 2.17. The third-order valence-electron chi connectivity index (χ3n) is 5.86. The fraction of sp³-hybridized carbons (Fsp3) is 0.364. The molecule has 0 radical (unpaired) electrons. The number of hydrogen-bond acceptors (Lipinski definition) is 5. The van der Waals surface area contributed by atoms with E-state index >= 15 is 0 Å². The monoisotopic (exact) mass is 389 g/mol. The molecule has 7 heteroatoms. The van der Waals surface area contributed by atoms with E-state index in [4.69, 9.17) is 0 Å². The van der Waals surface area contributed by atoms with Crippen molar-refractivity contribution in [1.29, 1.82) is 0 Å². The number of nitrogens with zero attached hydrogens (tertiary/aromatic N) is 5. The van der Waals surface area contributed by atoms with Crippen molar-refractivity contribution in [2.45, 2.75) is 18.8 Å². The Morgan fingerprint density at radius 2 is 1.72 bits per heavy atom. The van der Waals surface area contributed by atoms with Crippen molar-refractivity contribution < 1.29 is 4.79 Å². The van der Waals surface area contributed by atoms with Crippen LogP contribution in [-0.2, 0) is 7.05 Å². The van der Waals surface area contributed by atoms with Gasteiger partial charge in [0.25, 0.3) is 11.5 Å². The third-order valence-corrected chi connectivity index (χ3v) is 5.86. The van der Waals surface area contributed by atoms with Crippen LogP contribution in [0.15, 0.2) is 47.4 Å². The number of aromatic nitrogens is 3. The first-order valence-electron chi connectivity index (χ1n) is 10.1. The van der Waals surface area contributed by atoms with Gasteiger partial charge in [0.2, 0.25) is 0 Å². The molecule has 1 saturated heterocycles. The number of aryl methyl sites for hydroxylation is 1. The molecule has 0 spiro atoms. The molecule has 2 fully saturated rings. The Morgan fingerprint density at radius 3 is 2.45 bits per heavy atom. The molecule has 148 valence electrons. The second-order valence-electron chi connectivity index (χ2n) is 7.79. The van der Waals surface area contributed by atoms with Gasteiger partial charge in [-0.15, -0.1) is 0 Å². The summed E-state index contributed by atoms with van der Waals surface area (Å²) >= 11 is 0. The van der Waals surface area contributed by atoms with Crippen LogP contribution < -0.4 is 10.5 Å². The molecular formula is C22H23N5O2. The molecular weight excluding hydrogens is 366 g/mol. The molecule has 29 heavy (non-hydrogen) atoms. The van der Waals surface area contributed by atoms with Crippen molar-refractivity contribution in [2.75, 3.05) is 31.1 Å². The molecule has 0 N–H and O–H groups in total. The fourth-order valence-corrected chi connectivity index (χ4v) is 4.12. The summed E-state index contributed by atoms with van der Waals surface area (Å²) in [4.78, 5) is 34.3. The van der Waals surface area contributed by atoms with Gasteiger partial charge in [0.1, 0.15) is 5.82 Å². The van der Waals surface area contributed by atoms with Gasteiger partial charge < -0.3 is 9.80 Å². The minimum atomic E-state index is -0.190. The summed E-state index contributed by atoms with van der Waals surface area (Å²) in [5.74, 6) is 1.58. The maximum absolute atomic E-state index is 13.2. The van der Waals surface area contributed by atoms with Gasteiger partial charge in [-0.2, -0.15) is 5.10 Å². The van der Waals surface area contributed by atoms with Crippen LogP contribution in [-0.4, -0.2) is 51.8 Å².